The largest absolute Gasteiger partial charge is 0.542 e. The lowest BCUT2D eigenvalue weighted by Crippen LogP contribution is -2.45. The van der Waals surface area contributed by atoms with Crippen molar-refractivity contribution in [2.24, 2.45) is 0 Å². The van der Waals surface area contributed by atoms with E-state index >= 15 is 0 Å². The third-order valence-corrected chi connectivity index (χ3v) is 2.53. The summed E-state index contributed by atoms with van der Waals surface area (Å²) in [6, 6.07) is 3.48. The van der Waals surface area contributed by atoms with Crippen molar-refractivity contribution in [2.75, 3.05) is 0 Å². The maximum Gasteiger partial charge on any atom is 0.430 e. The zero-order valence-corrected chi connectivity index (χ0v) is 12.3. The van der Waals surface area contributed by atoms with E-state index in [1.165, 1.54) is 11.0 Å². The molecule has 1 unspecified atom stereocenters. The Hall–Kier alpha value is -3.15. The summed E-state index contributed by atoms with van der Waals surface area (Å²) in [7, 11) is 0. The number of aromatic nitrogens is 4. The summed E-state index contributed by atoms with van der Waals surface area (Å²) in [4.78, 5) is 27.1. The molecular weight excluding hydrogens is 349 g/mol. The van der Waals surface area contributed by atoms with Gasteiger partial charge in [-0.1, -0.05) is 4.68 Å². The number of alkyl halides is 3. The Kier molecular flexibility index (Phi) is 6.87. The van der Waals surface area contributed by atoms with Crippen LogP contribution in [0.3, 0.4) is 0 Å². The van der Waals surface area contributed by atoms with Crippen molar-refractivity contribution in [1.82, 2.24) is 15.1 Å². The minimum absolute atomic E-state index is 0.0978. The molecule has 0 aromatic carbocycles. The topological polar surface area (TPSA) is 140 Å². The summed E-state index contributed by atoms with van der Waals surface area (Å²) in [6.45, 7) is -0.0978. The van der Waals surface area contributed by atoms with Gasteiger partial charge in [-0.2, -0.15) is 13.2 Å². The van der Waals surface area contributed by atoms with Gasteiger partial charge >= 0.3 is 12.1 Å². The first-order valence-electron chi connectivity index (χ1n) is 6.42. The molecule has 0 spiro atoms. The van der Waals surface area contributed by atoms with Crippen molar-refractivity contribution in [3.05, 3.63) is 37.1 Å². The molecule has 0 bridgehead atoms. The minimum atomic E-state index is -5.19. The first-order valence-corrected chi connectivity index (χ1v) is 6.42. The smallest absolute Gasteiger partial charge is 0.430 e. The zero-order valence-electron chi connectivity index (χ0n) is 12.3. The average molecular weight is 360 g/mol. The van der Waals surface area contributed by atoms with E-state index in [2.05, 4.69) is 15.1 Å². The molecule has 0 saturated carbocycles. The summed E-state index contributed by atoms with van der Waals surface area (Å²) in [5, 5.41) is 30.5. The first-order chi connectivity index (χ1) is 11.6. The molecule has 9 nitrogen and oxygen atoms in total. The Balaban J connectivity index is 0.000000381. The van der Waals surface area contributed by atoms with Gasteiger partial charge in [-0.15, -0.1) is 0 Å². The molecule has 0 amide bonds. The third kappa shape index (κ3) is 6.87. The second-order valence-corrected chi connectivity index (χ2v) is 4.37. The van der Waals surface area contributed by atoms with Crippen molar-refractivity contribution in [3.63, 3.8) is 0 Å². The molecule has 0 aliphatic heterocycles. The number of hydrogen-bond acceptors (Lipinski definition) is 7. The quantitative estimate of drug-likeness (QED) is 0.633. The number of nitrogens with zero attached hydrogens (tertiary/aromatic N) is 4. The maximum absolute atomic E-state index is 10.5. The third-order valence-electron chi connectivity index (χ3n) is 2.53. The number of halogens is 3. The van der Waals surface area contributed by atoms with E-state index in [0.717, 1.165) is 11.3 Å². The minimum Gasteiger partial charge on any atom is -0.542 e. The Morgan fingerprint density at radius 3 is 2.36 bits per heavy atom. The molecule has 2 heterocycles. The van der Waals surface area contributed by atoms with Gasteiger partial charge in [0.2, 0.25) is 12.6 Å². The molecule has 0 saturated heterocycles. The van der Waals surface area contributed by atoms with Crippen LogP contribution in [0.25, 0.3) is 11.3 Å². The van der Waals surface area contributed by atoms with E-state index in [-0.39, 0.29) is 6.54 Å². The number of carbonyl (C=O) groups is 2. The monoisotopic (exact) mass is 360 g/mol. The number of aliphatic hydroxyl groups is 1. The second kappa shape index (κ2) is 8.63. The summed E-state index contributed by atoms with van der Waals surface area (Å²) in [5.41, 5.74) is 1.52. The Morgan fingerprint density at radius 1 is 1.32 bits per heavy atom. The standard InChI is InChI=1S/C11H10N4O3.C2HF3O2/c16-10(11(17)18)6-15-4-2-8(5-14-15)9-1-3-12-7-13-9;3-2(4,5)1(6)7/h1-5,7,10,16H,6H2;(H,6,7). The van der Waals surface area contributed by atoms with E-state index in [4.69, 9.17) is 15.0 Å². The van der Waals surface area contributed by atoms with Crippen LogP contribution in [-0.4, -0.2) is 49.5 Å². The molecule has 2 rings (SSSR count). The number of aliphatic hydroxyl groups excluding tert-OH is 1. The van der Waals surface area contributed by atoms with E-state index in [1.807, 2.05) is 0 Å². The molecule has 12 heteroatoms. The molecule has 0 radical (unpaired) electrons. The number of hydrogen-bond donors (Lipinski definition) is 2. The van der Waals surface area contributed by atoms with Crippen molar-refractivity contribution < 1.29 is 42.8 Å². The van der Waals surface area contributed by atoms with Crippen molar-refractivity contribution in [3.8, 4) is 11.3 Å². The number of aliphatic carboxylic acids is 2. The molecule has 0 aliphatic carbocycles. The van der Waals surface area contributed by atoms with E-state index in [0.29, 0.717) is 0 Å². The molecule has 2 N–H and O–H groups in total. The van der Waals surface area contributed by atoms with Crippen molar-refractivity contribution in [2.45, 2.75) is 18.8 Å². The molecule has 134 valence electrons. The van der Waals surface area contributed by atoms with Crippen LogP contribution in [0, 0.1) is 0 Å². The molecule has 2 aromatic heterocycles. The fourth-order valence-corrected chi connectivity index (χ4v) is 1.36. The lowest BCUT2D eigenvalue weighted by atomic mass is 10.2. The summed E-state index contributed by atoms with van der Waals surface area (Å²) in [6.07, 6.45) is -0.463. The van der Waals surface area contributed by atoms with Gasteiger partial charge in [0.25, 0.3) is 0 Å². The van der Waals surface area contributed by atoms with Gasteiger partial charge in [-0.3, -0.25) is 0 Å². The highest BCUT2D eigenvalue weighted by Gasteiger charge is 2.28. The Bertz CT molecular complexity index is 710. The van der Waals surface area contributed by atoms with E-state index < -0.39 is 24.2 Å². The predicted molar refractivity (Wildman–Crippen MR) is 70.2 cm³/mol. The summed E-state index contributed by atoms with van der Waals surface area (Å²) in [5.74, 6) is -4.28. The van der Waals surface area contributed by atoms with Crippen LogP contribution in [0.2, 0.25) is 0 Å². The zero-order chi connectivity index (χ0) is 19.0. The molecule has 2 aromatic rings. The normalized spacial score (nSPS) is 11.8. The van der Waals surface area contributed by atoms with Crippen LogP contribution in [0.1, 0.15) is 0 Å². The molecule has 0 fully saturated rings. The molecular formula is C13H11F3N4O5. The van der Waals surface area contributed by atoms with E-state index in [1.54, 1.807) is 30.7 Å². The van der Waals surface area contributed by atoms with Gasteiger partial charge in [0.15, 0.2) is 6.20 Å². The first kappa shape index (κ1) is 19.9. The predicted octanol–water partition coefficient (Wildman–Crippen LogP) is -1.43. The van der Waals surface area contributed by atoms with Gasteiger partial charge in [0.05, 0.1) is 5.69 Å². The van der Waals surface area contributed by atoms with Gasteiger partial charge in [0.1, 0.15) is 18.5 Å². The fraction of sp³-hybridized carbons (Fsp3) is 0.231. The molecule has 25 heavy (non-hydrogen) atoms. The SMILES string of the molecule is O=C(O)C(O)C[n+]1ccc(-c2ccncn2)cn1.O=C([O-])C(F)(F)F. The fourth-order valence-electron chi connectivity index (χ4n) is 1.36. The van der Waals surface area contributed by atoms with Crippen LogP contribution >= 0.6 is 0 Å². The Morgan fingerprint density at radius 2 is 1.96 bits per heavy atom. The molecule has 1 atom stereocenters. The van der Waals surface area contributed by atoms with Crippen molar-refractivity contribution in [1.29, 1.82) is 0 Å². The van der Waals surface area contributed by atoms with Crippen LogP contribution in [-0.2, 0) is 16.1 Å². The number of carboxylic acid groups (broad SMARTS) is 2. The molecule has 0 aliphatic rings. The van der Waals surface area contributed by atoms with Gasteiger partial charge in [-0.05, 0) is 11.2 Å². The number of carboxylic acids is 2. The van der Waals surface area contributed by atoms with Gasteiger partial charge < -0.3 is 20.1 Å². The Labute approximate surface area is 138 Å². The number of carbonyl (C=O) groups excluding carboxylic acids is 1. The second-order valence-electron chi connectivity index (χ2n) is 4.37. The van der Waals surface area contributed by atoms with Crippen molar-refractivity contribution >= 4 is 11.9 Å². The average Bonchev–Trinajstić information content (AvgIpc) is 2.56. The lowest BCUT2D eigenvalue weighted by Gasteiger charge is -2.03. The summed E-state index contributed by atoms with van der Waals surface area (Å²) >= 11 is 0. The van der Waals surface area contributed by atoms with Crippen LogP contribution < -0.4 is 9.79 Å². The van der Waals surface area contributed by atoms with Gasteiger partial charge in [0, 0.05) is 17.8 Å². The lowest BCUT2D eigenvalue weighted by molar-refractivity contribution is -0.757. The van der Waals surface area contributed by atoms with Crippen LogP contribution in [0.4, 0.5) is 13.2 Å². The highest BCUT2D eigenvalue weighted by atomic mass is 19.4. The highest BCUT2D eigenvalue weighted by Crippen LogP contribution is 2.12. The van der Waals surface area contributed by atoms with Crippen LogP contribution in [0.15, 0.2) is 37.1 Å². The van der Waals surface area contributed by atoms with E-state index in [9.17, 15) is 23.1 Å². The summed E-state index contributed by atoms with van der Waals surface area (Å²) < 4.78 is 32.9. The van der Waals surface area contributed by atoms with Crippen LogP contribution in [0.5, 0.6) is 0 Å². The number of rotatable bonds is 4. The highest BCUT2D eigenvalue weighted by molar-refractivity contribution is 5.71. The maximum atomic E-state index is 10.5. The van der Waals surface area contributed by atoms with Gasteiger partial charge in [-0.25, -0.2) is 14.8 Å².